The molecule has 2 nitrogen and oxygen atoms in total. The van der Waals surface area contributed by atoms with Crippen LogP contribution in [0.4, 0.5) is 0 Å². The third-order valence-corrected chi connectivity index (χ3v) is 2.80. The molecule has 84 valence electrons. The standard InChI is InChI=1S/C15H14N2/c1-11(2)12-5-7-13(8-6-12)14-4-3-9-17-15(14)10-16/h3-9,11H,1-2H3. The number of nitrogens with zero attached hydrogens (tertiary/aromatic N) is 2. The molecule has 0 aliphatic carbocycles. The van der Waals surface area contributed by atoms with Gasteiger partial charge in [-0.05, 0) is 29.2 Å². The number of rotatable bonds is 2. The largest absolute Gasteiger partial charge is 0.245 e. The van der Waals surface area contributed by atoms with E-state index in [1.165, 1.54) is 5.56 Å². The third kappa shape index (κ3) is 2.34. The van der Waals surface area contributed by atoms with Crippen LogP contribution in [-0.2, 0) is 0 Å². The monoisotopic (exact) mass is 222 g/mol. The van der Waals surface area contributed by atoms with Crippen molar-refractivity contribution < 1.29 is 0 Å². The molecular weight excluding hydrogens is 208 g/mol. The average Bonchev–Trinajstić information content (AvgIpc) is 2.39. The molecule has 0 fully saturated rings. The maximum atomic E-state index is 9.01. The van der Waals surface area contributed by atoms with Gasteiger partial charge in [-0.2, -0.15) is 5.26 Å². The Hall–Kier alpha value is -2.14. The lowest BCUT2D eigenvalue weighted by molar-refractivity contribution is 0.867. The van der Waals surface area contributed by atoms with Crippen molar-refractivity contribution in [2.24, 2.45) is 0 Å². The van der Waals surface area contributed by atoms with Gasteiger partial charge in [0.1, 0.15) is 11.8 Å². The van der Waals surface area contributed by atoms with Gasteiger partial charge in [-0.15, -0.1) is 0 Å². The Morgan fingerprint density at radius 2 is 1.82 bits per heavy atom. The van der Waals surface area contributed by atoms with Gasteiger partial charge in [0.15, 0.2) is 0 Å². The molecule has 0 saturated carbocycles. The molecule has 0 radical (unpaired) electrons. The van der Waals surface area contributed by atoms with Crippen molar-refractivity contribution in [3.8, 4) is 17.2 Å². The van der Waals surface area contributed by atoms with Gasteiger partial charge in [0.05, 0.1) is 0 Å². The summed E-state index contributed by atoms with van der Waals surface area (Å²) in [5, 5.41) is 9.01. The summed E-state index contributed by atoms with van der Waals surface area (Å²) in [5.74, 6) is 0.522. The molecule has 2 aromatic rings. The molecule has 2 rings (SSSR count). The van der Waals surface area contributed by atoms with Gasteiger partial charge in [0.25, 0.3) is 0 Å². The van der Waals surface area contributed by atoms with E-state index in [1.807, 2.05) is 24.3 Å². The highest BCUT2D eigenvalue weighted by Crippen LogP contribution is 2.24. The number of hydrogen-bond acceptors (Lipinski definition) is 2. The molecule has 1 heterocycles. The second-order valence-electron chi connectivity index (χ2n) is 4.29. The van der Waals surface area contributed by atoms with Crippen LogP contribution in [0.1, 0.15) is 31.0 Å². The van der Waals surface area contributed by atoms with Crippen LogP contribution in [0, 0.1) is 11.3 Å². The van der Waals surface area contributed by atoms with Gasteiger partial charge in [-0.3, -0.25) is 0 Å². The zero-order valence-electron chi connectivity index (χ0n) is 10.0. The Bertz CT molecular complexity index is 548. The average molecular weight is 222 g/mol. The fourth-order valence-electron chi connectivity index (χ4n) is 1.77. The highest BCUT2D eigenvalue weighted by atomic mass is 14.7. The van der Waals surface area contributed by atoms with E-state index in [9.17, 15) is 0 Å². The molecule has 0 N–H and O–H groups in total. The van der Waals surface area contributed by atoms with Gasteiger partial charge in [-0.25, -0.2) is 4.98 Å². The summed E-state index contributed by atoms with van der Waals surface area (Å²) in [5.41, 5.74) is 3.71. The Labute approximate surface area is 102 Å². The normalized spacial score (nSPS) is 10.2. The Kier molecular flexibility index (Phi) is 3.20. The van der Waals surface area contributed by atoms with Crippen LogP contribution in [0.15, 0.2) is 42.6 Å². The van der Waals surface area contributed by atoms with Gasteiger partial charge >= 0.3 is 0 Å². The van der Waals surface area contributed by atoms with Gasteiger partial charge < -0.3 is 0 Å². The quantitative estimate of drug-likeness (QED) is 0.776. The second-order valence-corrected chi connectivity index (χ2v) is 4.29. The summed E-state index contributed by atoms with van der Waals surface area (Å²) < 4.78 is 0. The number of benzene rings is 1. The van der Waals surface area contributed by atoms with E-state index in [4.69, 9.17) is 5.26 Å². The molecule has 17 heavy (non-hydrogen) atoms. The number of nitriles is 1. The van der Waals surface area contributed by atoms with Crippen molar-refractivity contribution in [2.45, 2.75) is 19.8 Å². The van der Waals surface area contributed by atoms with Gasteiger partial charge in [0, 0.05) is 11.8 Å². The smallest absolute Gasteiger partial charge is 0.148 e. The maximum absolute atomic E-state index is 9.01. The number of pyridine rings is 1. The van der Waals surface area contributed by atoms with E-state index in [0.29, 0.717) is 11.6 Å². The first-order chi connectivity index (χ1) is 8.22. The van der Waals surface area contributed by atoms with Crippen LogP contribution in [-0.4, -0.2) is 4.98 Å². The predicted molar refractivity (Wildman–Crippen MR) is 68.5 cm³/mol. The molecule has 1 aromatic heterocycles. The summed E-state index contributed by atoms with van der Waals surface area (Å²) in [7, 11) is 0. The van der Waals surface area contributed by atoms with Crippen LogP contribution in [0.25, 0.3) is 11.1 Å². The summed E-state index contributed by atoms with van der Waals surface area (Å²) in [6.07, 6.45) is 1.64. The first-order valence-electron chi connectivity index (χ1n) is 5.68. The van der Waals surface area contributed by atoms with Crippen LogP contribution in [0.3, 0.4) is 0 Å². The fraction of sp³-hybridized carbons (Fsp3) is 0.200. The van der Waals surface area contributed by atoms with E-state index in [2.05, 4.69) is 37.0 Å². The lowest BCUT2D eigenvalue weighted by Gasteiger charge is -2.07. The third-order valence-electron chi connectivity index (χ3n) is 2.80. The summed E-state index contributed by atoms with van der Waals surface area (Å²) >= 11 is 0. The molecule has 0 aliphatic rings. The lowest BCUT2D eigenvalue weighted by atomic mass is 9.98. The second kappa shape index (κ2) is 4.80. The van der Waals surface area contributed by atoms with Gasteiger partial charge in [0.2, 0.25) is 0 Å². The van der Waals surface area contributed by atoms with Crippen LogP contribution < -0.4 is 0 Å². The molecule has 0 amide bonds. The highest BCUT2D eigenvalue weighted by molar-refractivity contribution is 5.68. The maximum Gasteiger partial charge on any atom is 0.148 e. The van der Waals surface area contributed by atoms with E-state index in [-0.39, 0.29) is 0 Å². The molecule has 0 atom stereocenters. The number of hydrogen-bond donors (Lipinski definition) is 0. The van der Waals surface area contributed by atoms with Crippen LogP contribution in [0.2, 0.25) is 0 Å². The minimum Gasteiger partial charge on any atom is -0.245 e. The molecule has 0 aliphatic heterocycles. The van der Waals surface area contributed by atoms with E-state index >= 15 is 0 Å². The molecule has 1 aromatic carbocycles. The molecule has 0 bridgehead atoms. The van der Waals surface area contributed by atoms with Crippen molar-refractivity contribution in [3.63, 3.8) is 0 Å². The molecular formula is C15H14N2. The SMILES string of the molecule is CC(C)c1ccc(-c2cccnc2C#N)cc1. The predicted octanol–water partition coefficient (Wildman–Crippen LogP) is 3.74. The fourth-order valence-corrected chi connectivity index (χ4v) is 1.77. The molecule has 0 unspecified atom stereocenters. The first-order valence-corrected chi connectivity index (χ1v) is 5.68. The van der Waals surface area contributed by atoms with Crippen LogP contribution >= 0.6 is 0 Å². The summed E-state index contributed by atoms with van der Waals surface area (Å²) in [6, 6.07) is 14.2. The van der Waals surface area contributed by atoms with Crippen molar-refractivity contribution in [2.75, 3.05) is 0 Å². The Morgan fingerprint density at radius 1 is 1.12 bits per heavy atom. The highest BCUT2D eigenvalue weighted by Gasteiger charge is 2.05. The van der Waals surface area contributed by atoms with E-state index in [1.54, 1.807) is 6.20 Å². The summed E-state index contributed by atoms with van der Waals surface area (Å²) in [6.45, 7) is 4.33. The minimum atomic E-state index is 0.477. The van der Waals surface area contributed by atoms with Crippen LogP contribution in [0.5, 0.6) is 0 Å². The minimum absolute atomic E-state index is 0.477. The molecule has 0 saturated heterocycles. The zero-order chi connectivity index (χ0) is 12.3. The molecule has 2 heteroatoms. The van der Waals surface area contributed by atoms with Gasteiger partial charge in [-0.1, -0.05) is 38.1 Å². The van der Waals surface area contributed by atoms with Crippen molar-refractivity contribution in [3.05, 3.63) is 53.9 Å². The van der Waals surface area contributed by atoms with Crippen molar-refractivity contribution in [1.82, 2.24) is 4.98 Å². The van der Waals surface area contributed by atoms with E-state index in [0.717, 1.165) is 11.1 Å². The Morgan fingerprint density at radius 3 is 2.41 bits per heavy atom. The number of aromatic nitrogens is 1. The van der Waals surface area contributed by atoms with E-state index < -0.39 is 0 Å². The Balaban J connectivity index is 2.44. The zero-order valence-corrected chi connectivity index (χ0v) is 10.0. The van der Waals surface area contributed by atoms with Crippen molar-refractivity contribution in [1.29, 1.82) is 5.26 Å². The lowest BCUT2D eigenvalue weighted by Crippen LogP contribution is -1.90. The first kappa shape index (κ1) is 11.3. The van der Waals surface area contributed by atoms with Crippen molar-refractivity contribution >= 4 is 0 Å². The topological polar surface area (TPSA) is 36.7 Å². The molecule has 0 spiro atoms. The summed E-state index contributed by atoms with van der Waals surface area (Å²) in [4.78, 5) is 4.07.